The first-order valence-electron chi connectivity index (χ1n) is 8.08. The van der Waals surface area contributed by atoms with Crippen molar-refractivity contribution in [3.05, 3.63) is 34.9 Å². The van der Waals surface area contributed by atoms with Crippen molar-refractivity contribution in [2.75, 3.05) is 0 Å². The Balaban J connectivity index is 1.95. The van der Waals surface area contributed by atoms with Crippen LogP contribution in [0.25, 0.3) is 0 Å². The second kappa shape index (κ2) is 7.03. The van der Waals surface area contributed by atoms with E-state index >= 15 is 0 Å². The first kappa shape index (κ1) is 17.3. The van der Waals surface area contributed by atoms with E-state index < -0.39 is 11.7 Å². The summed E-state index contributed by atoms with van der Waals surface area (Å²) in [4.78, 5) is 0. The summed E-state index contributed by atoms with van der Waals surface area (Å²) in [6.45, 7) is 5.59. The molecule has 124 valence electrons. The molecule has 1 aliphatic carbocycles. The largest absolute Gasteiger partial charge is 0.416 e. The van der Waals surface area contributed by atoms with Gasteiger partial charge in [0, 0.05) is 0 Å². The van der Waals surface area contributed by atoms with E-state index in [9.17, 15) is 13.2 Å². The maximum absolute atomic E-state index is 13.0. The second-order valence-electron chi connectivity index (χ2n) is 6.68. The van der Waals surface area contributed by atoms with Crippen LogP contribution in [0.4, 0.5) is 13.2 Å². The molecule has 22 heavy (non-hydrogen) atoms. The molecule has 0 spiro atoms. The highest BCUT2D eigenvalue weighted by atomic mass is 19.4. The maximum Gasteiger partial charge on any atom is 0.416 e. The summed E-state index contributed by atoms with van der Waals surface area (Å²) in [5.74, 6) is 0.468. The van der Waals surface area contributed by atoms with Gasteiger partial charge in [0.05, 0.1) is 17.8 Å². The maximum atomic E-state index is 13.0. The van der Waals surface area contributed by atoms with Gasteiger partial charge in [0.15, 0.2) is 0 Å². The van der Waals surface area contributed by atoms with Crippen LogP contribution in [0.3, 0.4) is 0 Å². The molecule has 4 heteroatoms. The van der Waals surface area contributed by atoms with E-state index in [1.165, 1.54) is 13.0 Å². The molecule has 1 aromatic rings. The van der Waals surface area contributed by atoms with Crippen molar-refractivity contribution in [2.24, 2.45) is 5.92 Å². The van der Waals surface area contributed by atoms with E-state index in [2.05, 4.69) is 0 Å². The van der Waals surface area contributed by atoms with Crippen LogP contribution in [0.1, 0.15) is 56.2 Å². The molecule has 0 N–H and O–H groups in total. The van der Waals surface area contributed by atoms with Gasteiger partial charge in [0.1, 0.15) is 0 Å². The van der Waals surface area contributed by atoms with Crippen LogP contribution in [0.2, 0.25) is 0 Å². The number of benzene rings is 1. The number of alkyl halides is 3. The lowest BCUT2D eigenvalue weighted by Gasteiger charge is -2.30. The molecule has 0 bridgehead atoms. The molecule has 0 heterocycles. The summed E-state index contributed by atoms with van der Waals surface area (Å²) in [7, 11) is 0. The topological polar surface area (TPSA) is 9.23 Å². The van der Waals surface area contributed by atoms with Gasteiger partial charge < -0.3 is 4.74 Å². The van der Waals surface area contributed by atoms with Crippen molar-refractivity contribution in [1.82, 2.24) is 0 Å². The van der Waals surface area contributed by atoms with E-state index in [4.69, 9.17) is 4.74 Å². The molecule has 0 aliphatic heterocycles. The Morgan fingerprint density at radius 2 is 1.77 bits per heavy atom. The van der Waals surface area contributed by atoms with Gasteiger partial charge >= 0.3 is 6.18 Å². The summed E-state index contributed by atoms with van der Waals surface area (Å²) < 4.78 is 44.7. The number of hydrogen-bond acceptors (Lipinski definition) is 1. The highest BCUT2D eigenvalue weighted by Gasteiger charge is 2.32. The average molecular weight is 314 g/mol. The summed E-state index contributed by atoms with van der Waals surface area (Å²) in [5.41, 5.74) is 0.596. The Hall–Kier alpha value is -1.03. The van der Waals surface area contributed by atoms with Crippen molar-refractivity contribution in [3.8, 4) is 0 Å². The van der Waals surface area contributed by atoms with E-state index in [1.54, 1.807) is 6.07 Å². The second-order valence-corrected chi connectivity index (χ2v) is 6.68. The normalized spacial score (nSPS) is 23.0. The molecular formula is C18H25F3O. The van der Waals surface area contributed by atoms with Crippen molar-refractivity contribution in [2.45, 2.75) is 71.3 Å². The van der Waals surface area contributed by atoms with Crippen LogP contribution in [0, 0.1) is 12.8 Å². The third kappa shape index (κ3) is 4.73. The lowest BCUT2D eigenvalue weighted by Crippen LogP contribution is -2.25. The van der Waals surface area contributed by atoms with Crippen LogP contribution < -0.4 is 0 Å². The van der Waals surface area contributed by atoms with Gasteiger partial charge in [-0.05, 0) is 76.0 Å². The van der Waals surface area contributed by atoms with Crippen molar-refractivity contribution in [3.63, 3.8) is 0 Å². The van der Waals surface area contributed by atoms with Crippen LogP contribution in [-0.2, 0) is 17.3 Å². The molecule has 0 unspecified atom stereocenters. The zero-order valence-electron chi connectivity index (χ0n) is 13.5. The van der Waals surface area contributed by atoms with Gasteiger partial charge in [-0.25, -0.2) is 0 Å². The number of halogens is 3. The summed E-state index contributed by atoms with van der Waals surface area (Å²) in [5, 5.41) is 0. The summed E-state index contributed by atoms with van der Waals surface area (Å²) in [6.07, 6.45) is 1.13. The minimum absolute atomic E-state index is 0.244. The van der Waals surface area contributed by atoms with Crippen molar-refractivity contribution >= 4 is 0 Å². The zero-order chi connectivity index (χ0) is 16.3. The molecule has 1 aromatic carbocycles. The smallest absolute Gasteiger partial charge is 0.376 e. The average Bonchev–Trinajstić information content (AvgIpc) is 2.41. The van der Waals surface area contributed by atoms with E-state index in [0.717, 1.165) is 37.7 Å². The van der Waals surface area contributed by atoms with Crippen molar-refractivity contribution < 1.29 is 17.9 Å². The number of ether oxygens (including phenoxy) is 1. The van der Waals surface area contributed by atoms with Crippen molar-refractivity contribution in [1.29, 1.82) is 0 Å². The lowest BCUT2D eigenvalue weighted by molar-refractivity contribution is -0.138. The first-order valence-corrected chi connectivity index (χ1v) is 8.08. The highest BCUT2D eigenvalue weighted by molar-refractivity contribution is 5.33. The van der Waals surface area contributed by atoms with Crippen LogP contribution >= 0.6 is 0 Å². The van der Waals surface area contributed by atoms with Gasteiger partial charge in [-0.15, -0.1) is 0 Å². The number of aryl methyl sites for hydroxylation is 1. The SMILES string of the molecule is Cc1ccc(CC2CCC(OC(C)C)CC2)cc1C(F)(F)F. The number of rotatable bonds is 4. The van der Waals surface area contributed by atoms with Gasteiger partial charge in [0.2, 0.25) is 0 Å². The third-order valence-electron chi connectivity index (χ3n) is 4.39. The van der Waals surface area contributed by atoms with E-state index in [0.29, 0.717) is 17.6 Å². The zero-order valence-corrected chi connectivity index (χ0v) is 13.5. The van der Waals surface area contributed by atoms with E-state index in [1.807, 2.05) is 19.9 Å². The predicted octanol–water partition coefficient (Wildman–Crippen LogP) is 5.54. The fourth-order valence-electron chi connectivity index (χ4n) is 3.29. The molecule has 0 amide bonds. The minimum Gasteiger partial charge on any atom is -0.376 e. The standard InChI is InChI=1S/C18H25F3O/c1-12(2)22-16-8-6-14(7-9-16)10-15-5-4-13(3)17(11-15)18(19,20)21/h4-5,11-12,14,16H,6-10H2,1-3H3. The Bertz CT molecular complexity index is 486. The minimum atomic E-state index is -4.26. The molecule has 2 rings (SSSR count). The van der Waals surface area contributed by atoms with Crippen LogP contribution in [0.5, 0.6) is 0 Å². The van der Waals surface area contributed by atoms with Gasteiger partial charge in [-0.1, -0.05) is 12.1 Å². The summed E-state index contributed by atoms with van der Waals surface area (Å²) in [6, 6.07) is 4.75. The molecule has 0 aromatic heterocycles. The Morgan fingerprint density at radius 1 is 1.14 bits per heavy atom. The summed E-state index contributed by atoms with van der Waals surface area (Å²) >= 11 is 0. The monoisotopic (exact) mass is 314 g/mol. The third-order valence-corrected chi connectivity index (χ3v) is 4.39. The molecule has 0 saturated heterocycles. The first-order chi connectivity index (χ1) is 10.3. The van der Waals surface area contributed by atoms with Gasteiger partial charge in [0.25, 0.3) is 0 Å². The quantitative estimate of drug-likeness (QED) is 0.709. The lowest BCUT2D eigenvalue weighted by atomic mass is 9.83. The Morgan fingerprint density at radius 3 is 2.32 bits per heavy atom. The fourth-order valence-corrected chi connectivity index (χ4v) is 3.29. The molecule has 1 nitrogen and oxygen atoms in total. The predicted molar refractivity (Wildman–Crippen MR) is 81.9 cm³/mol. The Kier molecular flexibility index (Phi) is 5.54. The molecule has 1 saturated carbocycles. The molecule has 0 radical (unpaired) electrons. The Labute approximate surface area is 130 Å². The molecule has 0 atom stereocenters. The fraction of sp³-hybridized carbons (Fsp3) is 0.667. The molecule has 1 aliphatic rings. The van der Waals surface area contributed by atoms with Gasteiger partial charge in [-0.2, -0.15) is 13.2 Å². The van der Waals surface area contributed by atoms with Crippen LogP contribution in [-0.4, -0.2) is 12.2 Å². The van der Waals surface area contributed by atoms with Gasteiger partial charge in [-0.3, -0.25) is 0 Å². The number of hydrogen-bond donors (Lipinski definition) is 0. The van der Waals surface area contributed by atoms with E-state index in [-0.39, 0.29) is 6.10 Å². The molecular weight excluding hydrogens is 289 g/mol. The highest BCUT2D eigenvalue weighted by Crippen LogP contribution is 2.34. The van der Waals surface area contributed by atoms with Crippen LogP contribution in [0.15, 0.2) is 18.2 Å². The molecule has 1 fully saturated rings.